The van der Waals surface area contributed by atoms with E-state index in [9.17, 15) is 14.0 Å². The van der Waals surface area contributed by atoms with Gasteiger partial charge in [-0.1, -0.05) is 32.9 Å². The minimum absolute atomic E-state index is 0.263. The van der Waals surface area contributed by atoms with Gasteiger partial charge in [-0.2, -0.15) is 0 Å². The van der Waals surface area contributed by atoms with Crippen LogP contribution in [0.25, 0.3) is 11.4 Å². The zero-order chi connectivity index (χ0) is 21.3. The van der Waals surface area contributed by atoms with E-state index in [4.69, 9.17) is 0 Å². The first-order valence-electron chi connectivity index (χ1n) is 9.68. The molecule has 0 spiro atoms. The van der Waals surface area contributed by atoms with E-state index < -0.39 is 17.4 Å². The first-order valence-corrected chi connectivity index (χ1v) is 9.68. The Balaban J connectivity index is 2.02. The zero-order valence-corrected chi connectivity index (χ0v) is 17.5. The third-order valence-electron chi connectivity index (χ3n) is 5.15. The van der Waals surface area contributed by atoms with Gasteiger partial charge in [0.25, 0.3) is 5.91 Å². The number of fused-ring (bicyclic) bond motifs is 1. The van der Waals surface area contributed by atoms with Gasteiger partial charge >= 0.3 is 0 Å². The Morgan fingerprint density at radius 1 is 1.24 bits per heavy atom. The van der Waals surface area contributed by atoms with Gasteiger partial charge in [-0.25, -0.2) is 9.37 Å². The number of hydrogen-bond donors (Lipinski definition) is 2. The minimum atomic E-state index is -0.712. The van der Waals surface area contributed by atoms with Crippen molar-refractivity contribution in [2.45, 2.75) is 39.9 Å². The van der Waals surface area contributed by atoms with Crippen LogP contribution in [0.4, 0.5) is 4.39 Å². The standard InChI is InChI=1S/C21H28FN5O2/c1-21(2,3)17(20(29)23-4)25-19(28)16-15-12-26(5)9-10-27(15)18(24-16)13-7-6-8-14(22)11-13/h6-8,11,17H,9-10,12H2,1-5H3,(H,23,29)(H,25,28). The monoisotopic (exact) mass is 401 g/mol. The summed E-state index contributed by atoms with van der Waals surface area (Å²) in [5, 5.41) is 5.45. The predicted octanol–water partition coefficient (Wildman–Crippen LogP) is 2.03. The molecule has 1 aliphatic rings. The van der Waals surface area contributed by atoms with Crippen LogP contribution in [-0.4, -0.2) is 52.9 Å². The molecule has 0 saturated carbocycles. The summed E-state index contributed by atoms with van der Waals surface area (Å²) in [6.45, 7) is 7.67. The van der Waals surface area contributed by atoms with Crippen LogP contribution >= 0.6 is 0 Å². The largest absolute Gasteiger partial charge is 0.357 e. The van der Waals surface area contributed by atoms with E-state index in [1.165, 1.54) is 12.1 Å². The van der Waals surface area contributed by atoms with Crippen molar-refractivity contribution in [2.24, 2.45) is 5.41 Å². The third-order valence-corrected chi connectivity index (χ3v) is 5.15. The number of nitrogens with one attached hydrogen (secondary N) is 2. The summed E-state index contributed by atoms with van der Waals surface area (Å²) in [6, 6.07) is 5.49. The molecule has 1 aromatic carbocycles. The molecule has 1 aromatic heterocycles. The van der Waals surface area contributed by atoms with E-state index in [2.05, 4.69) is 20.5 Å². The Hall–Kier alpha value is -2.74. The van der Waals surface area contributed by atoms with E-state index in [1.807, 2.05) is 32.4 Å². The van der Waals surface area contributed by atoms with Crippen LogP contribution in [0.3, 0.4) is 0 Å². The SMILES string of the molecule is CNC(=O)C(NC(=O)c1nc(-c2cccc(F)c2)n2c1CN(C)CC2)C(C)(C)C. The second kappa shape index (κ2) is 7.94. The molecule has 7 nitrogen and oxygen atoms in total. The Morgan fingerprint density at radius 2 is 1.97 bits per heavy atom. The van der Waals surface area contributed by atoms with Crippen LogP contribution in [-0.2, 0) is 17.9 Å². The van der Waals surface area contributed by atoms with Crippen LogP contribution < -0.4 is 10.6 Å². The van der Waals surface area contributed by atoms with Gasteiger partial charge in [0.1, 0.15) is 17.7 Å². The van der Waals surface area contributed by atoms with Crippen molar-refractivity contribution in [3.8, 4) is 11.4 Å². The van der Waals surface area contributed by atoms with E-state index in [0.29, 0.717) is 24.5 Å². The zero-order valence-electron chi connectivity index (χ0n) is 17.5. The highest BCUT2D eigenvalue weighted by molar-refractivity contribution is 5.97. The van der Waals surface area contributed by atoms with E-state index in [0.717, 1.165) is 12.2 Å². The highest BCUT2D eigenvalue weighted by Crippen LogP contribution is 2.27. The van der Waals surface area contributed by atoms with Crippen molar-refractivity contribution in [2.75, 3.05) is 20.6 Å². The molecule has 0 saturated heterocycles. The summed E-state index contributed by atoms with van der Waals surface area (Å²) in [4.78, 5) is 32.2. The highest BCUT2D eigenvalue weighted by atomic mass is 19.1. The van der Waals surface area contributed by atoms with Gasteiger partial charge in [0.05, 0.1) is 5.69 Å². The van der Waals surface area contributed by atoms with Gasteiger partial charge < -0.3 is 15.2 Å². The number of halogens is 1. The number of imidazole rings is 1. The molecule has 0 bridgehead atoms. The molecule has 2 amide bonds. The molecule has 2 N–H and O–H groups in total. The summed E-state index contributed by atoms with van der Waals surface area (Å²) in [5.74, 6) is -0.465. The summed E-state index contributed by atoms with van der Waals surface area (Å²) in [7, 11) is 3.52. The van der Waals surface area contributed by atoms with Crippen LogP contribution in [0.2, 0.25) is 0 Å². The second-order valence-electron chi connectivity index (χ2n) is 8.52. The molecule has 8 heteroatoms. The number of aromatic nitrogens is 2. The number of rotatable bonds is 4. The van der Waals surface area contributed by atoms with Gasteiger partial charge in [-0.15, -0.1) is 0 Å². The normalized spacial score (nSPS) is 15.5. The molecule has 3 rings (SSSR count). The lowest BCUT2D eigenvalue weighted by Crippen LogP contribution is -2.53. The predicted molar refractivity (Wildman–Crippen MR) is 109 cm³/mol. The first-order chi connectivity index (χ1) is 13.6. The lowest BCUT2D eigenvalue weighted by atomic mass is 9.86. The van der Waals surface area contributed by atoms with Crippen LogP contribution in [0, 0.1) is 11.2 Å². The van der Waals surface area contributed by atoms with Gasteiger partial charge in [0.15, 0.2) is 5.69 Å². The molecule has 1 unspecified atom stereocenters. The van der Waals surface area contributed by atoms with Crippen LogP contribution in [0.1, 0.15) is 37.0 Å². The van der Waals surface area contributed by atoms with E-state index >= 15 is 0 Å². The topological polar surface area (TPSA) is 79.3 Å². The molecule has 1 atom stereocenters. The molecule has 2 heterocycles. The second-order valence-corrected chi connectivity index (χ2v) is 8.52. The van der Waals surface area contributed by atoms with Gasteiger partial charge in [0.2, 0.25) is 5.91 Å². The molecule has 29 heavy (non-hydrogen) atoms. The molecular formula is C21H28FN5O2. The molecule has 1 aliphatic heterocycles. The Labute approximate surface area is 170 Å². The fraction of sp³-hybridized carbons (Fsp3) is 0.476. The van der Waals surface area contributed by atoms with Gasteiger partial charge in [-0.3, -0.25) is 14.5 Å². The average molecular weight is 401 g/mol. The van der Waals surface area contributed by atoms with Crippen molar-refractivity contribution < 1.29 is 14.0 Å². The van der Waals surface area contributed by atoms with E-state index in [-0.39, 0.29) is 17.4 Å². The third kappa shape index (κ3) is 4.32. The van der Waals surface area contributed by atoms with Crippen LogP contribution in [0.5, 0.6) is 0 Å². The van der Waals surface area contributed by atoms with Crippen LogP contribution in [0.15, 0.2) is 24.3 Å². The maximum absolute atomic E-state index is 13.8. The summed E-state index contributed by atoms with van der Waals surface area (Å²) >= 11 is 0. The lowest BCUT2D eigenvalue weighted by Gasteiger charge is -2.30. The molecule has 156 valence electrons. The smallest absolute Gasteiger partial charge is 0.272 e. The average Bonchev–Trinajstić information content (AvgIpc) is 3.03. The number of nitrogens with zero attached hydrogens (tertiary/aromatic N) is 3. The first kappa shape index (κ1) is 21.0. The van der Waals surface area contributed by atoms with Crippen molar-refractivity contribution >= 4 is 11.8 Å². The van der Waals surface area contributed by atoms with Gasteiger partial charge in [0, 0.05) is 32.2 Å². The summed E-state index contributed by atoms with van der Waals surface area (Å²) in [5.41, 5.74) is 1.18. The number of hydrogen-bond acceptors (Lipinski definition) is 4. The highest BCUT2D eigenvalue weighted by Gasteiger charge is 2.34. The van der Waals surface area contributed by atoms with Crippen molar-refractivity contribution in [1.29, 1.82) is 0 Å². The maximum atomic E-state index is 13.8. The number of benzene rings is 1. The summed E-state index contributed by atoms with van der Waals surface area (Å²) < 4.78 is 15.7. The molecule has 0 aliphatic carbocycles. The molecule has 2 aromatic rings. The van der Waals surface area contributed by atoms with Gasteiger partial charge in [-0.05, 0) is 24.6 Å². The Morgan fingerprint density at radius 3 is 2.59 bits per heavy atom. The number of carbonyl (C=O) groups excluding carboxylic acids is 2. The lowest BCUT2D eigenvalue weighted by molar-refractivity contribution is -0.124. The number of amides is 2. The number of carbonyl (C=O) groups is 2. The van der Waals surface area contributed by atoms with Crippen molar-refractivity contribution in [3.63, 3.8) is 0 Å². The minimum Gasteiger partial charge on any atom is -0.357 e. The molecular weight excluding hydrogens is 373 g/mol. The molecule has 0 fully saturated rings. The van der Waals surface area contributed by atoms with Crippen molar-refractivity contribution in [3.05, 3.63) is 41.5 Å². The fourth-order valence-corrected chi connectivity index (χ4v) is 3.54. The maximum Gasteiger partial charge on any atom is 0.272 e. The molecule has 0 radical (unpaired) electrons. The number of likely N-dealkylation sites (N-methyl/N-ethyl adjacent to an activating group) is 2. The fourth-order valence-electron chi connectivity index (χ4n) is 3.54. The van der Waals surface area contributed by atoms with Crippen molar-refractivity contribution in [1.82, 2.24) is 25.1 Å². The van der Waals surface area contributed by atoms with E-state index in [1.54, 1.807) is 19.2 Å². The quantitative estimate of drug-likeness (QED) is 0.822. The summed E-state index contributed by atoms with van der Waals surface area (Å²) in [6.07, 6.45) is 0. The Kier molecular flexibility index (Phi) is 5.75. The Bertz CT molecular complexity index is 932.